The van der Waals surface area contributed by atoms with E-state index in [2.05, 4.69) is 10.5 Å². The van der Waals surface area contributed by atoms with E-state index in [1.807, 2.05) is 0 Å². The van der Waals surface area contributed by atoms with E-state index in [1.165, 1.54) is 27.2 Å². The summed E-state index contributed by atoms with van der Waals surface area (Å²) in [7, 11) is -2.52. The van der Waals surface area contributed by atoms with Crippen LogP contribution in [0.1, 0.15) is 30.2 Å². The van der Waals surface area contributed by atoms with Crippen LogP contribution in [0, 0.1) is 13.8 Å². The summed E-state index contributed by atoms with van der Waals surface area (Å²) >= 11 is 0. The molecule has 0 fully saturated rings. The number of likely N-dealkylation sites (N-methyl/N-ethyl adjacent to an activating group) is 1. The van der Waals surface area contributed by atoms with Gasteiger partial charge in [-0.2, -0.15) is 4.31 Å². The SMILES string of the molecule is Cc1noc(C)c1S(=O)(=O)N(C)CC(=O)NC(C)c1ccco1. The fraction of sp³-hybridized carbons (Fsp3) is 0.429. The minimum Gasteiger partial charge on any atom is -0.467 e. The lowest BCUT2D eigenvalue weighted by atomic mass is 10.2. The molecule has 0 aliphatic rings. The van der Waals surface area contributed by atoms with Gasteiger partial charge in [0.25, 0.3) is 0 Å². The second-order valence-corrected chi connectivity index (χ2v) is 7.20. The van der Waals surface area contributed by atoms with E-state index in [4.69, 9.17) is 8.94 Å². The molecule has 126 valence electrons. The van der Waals surface area contributed by atoms with E-state index in [0.29, 0.717) is 5.76 Å². The highest BCUT2D eigenvalue weighted by Crippen LogP contribution is 2.22. The molecular weight excluding hydrogens is 322 g/mol. The van der Waals surface area contributed by atoms with Crippen molar-refractivity contribution >= 4 is 15.9 Å². The summed E-state index contributed by atoms with van der Waals surface area (Å²) in [5.41, 5.74) is 0.263. The van der Waals surface area contributed by atoms with E-state index in [-0.39, 0.29) is 28.9 Å². The zero-order valence-electron chi connectivity index (χ0n) is 13.4. The van der Waals surface area contributed by atoms with Crippen molar-refractivity contribution < 1.29 is 22.2 Å². The molecule has 23 heavy (non-hydrogen) atoms. The number of carbonyl (C=O) groups is 1. The van der Waals surface area contributed by atoms with Crippen LogP contribution in [0.4, 0.5) is 0 Å². The predicted molar refractivity (Wildman–Crippen MR) is 81.1 cm³/mol. The molecule has 2 aromatic heterocycles. The number of sulfonamides is 1. The van der Waals surface area contributed by atoms with E-state index in [0.717, 1.165) is 4.31 Å². The molecule has 2 rings (SSSR count). The molecule has 0 radical (unpaired) electrons. The molecule has 0 aliphatic heterocycles. The molecular formula is C14H19N3O5S. The second-order valence-electron chi connectivity index (χ2n) is 5.22. The molecule has 0 aromatic carbocycles. The van der Waals surface area contributed by atoms with Gasteiger partial charge in [-0.1, -0.05) is 5.16 Å². The van der Waals surface area contributed by atoms with E-state index >= 15 is 0 Å². The molecule has 2 heterocycles. The van der Waals surface area contributed by atoms with Gasteiger partial charge in [0.1, 0.15) is 16.3 Å². The Hall–Kier alpha value is -2.13. The van der Waals surface area contributed by atoms with Crippen LogP contribution in [-0.4, -0.2) is 37.4 Å². The Morgan fingerprint density at radius 3 is 2.65 bits per heavy atom. The van der Waals surface area contributed by atoms with E-state index < -0.39 is 15.9 Å². The summed E-state index contributed by atoms with van der Waals surface area (Å²) in [6, 6.07) is 3.09. The molecule has 1 amide bonds. The van der Waals surface area contributed by atoms with Gasteiger partial charge in [0.05, 0.1) is 18.8 Å². The van der Waals surface area contributed by atoms with Crippen LogP contribution in [0.15, 0.2) is 32.2 Å². The van der Waals surface area contributed by atoms with Crippen LogP contribution < -0.4 is 5.32 Å². The van der Waals surface area contributed by atoms with Gasteiger partial charge < -0.3 is 14.3 Å². The summed E-state index contributed by atoms with van der Waals surface area (Å²) in [5.74, 6) is 0.347. The monoisotopic (exact) mass is 341 g/mol. The van der Waals surface area contributed by atoms with Crippen molar-refractivity contribution in [2.75, 3.05) is 13.6 Å². The Morgan fingerprint density at radius 1 is 1.43 bits per heavy atom. The van der Waals surface area contributed by atoms with Gasteiger partial charge in [-0.15, -0.1) is 0 Å². The van der Waals surface area contributed by atoms with Crippen LogP contribution in [-0.2, 0) is 14.8 Å². The first-order valence-corrected chi connectivity index (χ1v) is 8.39. The molecule has 0 saturated heterocycles. The Kier molecular flexibility index (Phi) is 4.90. The number of aryl methyl sites for hydroxylation is 2. The van der Waals surface area contributed by atoms with Crippen LogP contribution >= 0.6 is 0 Å². The molecule has 1 atom stereocenters. The maximum atomic E-state index is 12.5. The van der Waals surface area contributed by atoms with Crippen LogP contribution in [0.5, 0.6) is 0 Å². The average molecular weight is 341 g/mol. The van der Waals surface area contributed by atoms with Crippen molar-refractivity contribution in [2.24, 2.45) is 0 Å². The lowest BCUT2D eigenvalue weighted by Crippen LogP contribution is -2.39. The summed E-state index contributed by atoms with van der Waals surface area (Å²) in [5, 5.41) is 6.31. The summed E-state index contributed by atoms with van der Waals surface area (Å²) < 4.78 is 36.1. The number of furan rings is 1. The van der Waals surface area contributed by atoms with Gasteiger partial charge in [-0.3, -0.25) is 4.79 Å². The highest BCUT2D eigenvalue weighted by molar-refractivity contribution is 7.89. The van der Waals surface area contributed by atoms with Gasteiger partial charge in [0, 0.05) is 7.05 Å². The third kappa shape index (κ3) is 3.62. The highest BCUT2D eigenvalue weighted by Gasteiger charge is 2.30. The fourth-order valence-electron chi connectivity index (χ4n) is 2.18. The van der Waals surface area contributed by atoms with Gasteiger partial charge >= 0.3 is 0 Å². The first-order chi connectivity index (χ1) is 10.7. The Bertz CT molecular complexity index is 760. The van der Waals surface area contributed by atoms with E-state index in [9.17, 15) is 13.2 Å². The predicted octanol–water partition coefficient (Wildman–Crippen LogP) is 1.38. The average Bonchev–Trinajstić information content (AvgIpc) is 3.08. The third-order valence-electron chi connectivity index (χ3n) is 3.35. The number of amides is 1. The zero-order valence-corrected chi connectivity index (χ0v) is 14.2. The molecule has 0 bridgehead atoms. The van der Waals surface area contributed by atoms with Gasteiger partial charge in [0.15, 0.2) is 5.76 Å². The Balaban J connectivity index is 2.06. The first kappa shape index (κ1) is 17.2. The lowest BCUT2D eigenvalue weighted by Gasteiger charge is -2.18. The van der Waals surface area contributed by atoms with Crippen molar-refractivity contribution in [1.29, 1.82) is 0 Å². The maximum Gasteiger partial charge on any atom is 0.248 e. The topological polar surface area (TPSA) is 106 Å². The quantitative estimate of drug-likeness (QED) is 0.851. The number of hydrogen-bond donors (Lipinski definition) is 1. The van der Waals surface area contributed by atoms with E-state index in [1.54, 1.807) is 19.1 Å². The van der Waals surface area contributed by atoms with Crippen molar-refractivity contribution in [3.8, 4) is 0 Å². The molecule has 9 heteroatoms. The standard InChI is InChI=1S/C14H19N3O5S/c1-9(12-6-5-7-21-12)15-13(18)8-17(4)23(19,20)14-10(2)16-22-11(14)3/h5-7,9H,8H2,1-4H3,(H,15,18). The molecule has 1 N–H and O–H groups in total. The highest BCUT2D eigenvalue weighted by atomic mass is 32.2. The molecule has 1 unspecified atom stereocenters. The fourth-order valence-corrected chi connectivity index (χ4v) is 3.59. The van der Waals surface area contributed by atoms with Crippen LogP contribution in [0.3, 0.4) is 0 Å². The van der Waals surface area contributed by atoms with Gasteiger partial charge in [-0.05, 0) is 32.9 Å². The largest absolute Gasteiger partial charge is 0.467 e. The minimum absolute atomic E-state index is 0.00752. The summed E-state index contributed by atoms with van der Waals surface area (Å²) in [6.07, 6.45) is 1.51. The Morgan fingerprint density at radius 2 is 2.13 bits per heavy atom. The van der Waals surface area contributed by atoms with Gasteiger partial charge in [0.2, 0.25) is 15.9 Å². The number of rotatable bonds is 6. The van der Waals surface area contributed by atoms with Crippen molar-refractivity contribution in [2.45, 2.75) is 31.7 Å². The molecule has 2 aromatic rings. The van der Waals surface area contributed by atoms with Crippen LogP contribution in [0.25, 0.3) is 0 Å². The number of hydrogen-bond acceptors (Lipinski definition) is 6. The number of nitrogens with one attached hydrogen (secondary N) is 1. The number of carbonyl (C=O) groups excluding carboxylic acids is 1. The smallest absolute Gasteiger partial charge is 0.248 e. The van der Waals surface area contributed by atoms with Crippen molar-refractivity contribution in [3.05, 3.63) is 35.6 Å². The first-order valence-electron chi connectivity index (χ1n) is 6.95. The summed E-state index contributed by atoms with van der Waals surface area (Å²) in [4.78, 5) is 12.0. The number of nitrogens with zero attached hydrogens (tertiary/aromatic N) is 2. The number of aromatic nitrogens is 1. The lowest BCUT2D eigenvalue weighted by molar-refractivity contribution is -0.121. The van der Waals surface area contributed by atoms with Crippen molar-refractivity contribution in [3.63, 3.8) is 0 Å². The third-order valence-corrected chi connectivity index (χ3v) is 5.40. The maximum absolute atomic E-state index is 12.5. The minimum atomic E-state index is -3.85. The second kappa shape index (κ2) is 6.55. The molecule has 0 aliphatic carbocycles. The summed E-state index contributed by atoms with van der Waals surface area (Å²) in [6.45, 7) is 4.48. The Labute approximate surface area is 134 Å². The van der Waals surface area contributed by atoms with Gasteiger partial charge in [-0.25, -0.2) is 8.42 Å². The van der Waals surface area contributed by atoms with Crippen molar-refractivity contribution in [1.82, 2.24) is 14.8 Å². The molecule has 8 nitrogen and oxygen atoms in total. The molecule has 0 saturated carbocycles. The van der Waals surface area contributed by atoms with Crippen LogP contribution in [0.2, 0.25) is 0 Å². The molecule has 0 spiro atoms. The normalized spacial score (nSPS) is 13.3. The zero-order chi connectivity index (χ0) is 17.2.